The second-order valence-corrected chi connectivity index (χ2v) is 9.16. The molecule has 0 aliphatic rings. The van der Waals surface area contributed by atoms with Crippen molar-refractivity contribution in [3.63, 3.8) is 0 Å². The number of anilines is 1. The third-order valence-electron chi connectivity index (χ3n) is 5.33. The van der Waals surface area contributed by atoms with E-state index in [1.807, 2.05) is 36.5 Å². The van der Waals surface area contributed by atoms with E-state index < -0.39 is 10.0 Å². The lowest BCUT2D eigenvalue weighted by atomic mass is 10.1. The summed E-state index contributed by atoms with van der Waals surface area (Å²) in [5.41, 5.74) is 3.55. The number of methoxy groups -OCH3 is 1. The molecule has 0 aliphatic heterocycles. The third kappa shape index (κ3) is 4.02. The zero-order valence-corrected chi connectivity index (χ0v) is 19.0. The minimum atomic E-state index is -4.06. The molecule has 4 rings (SSSR count). The number of H-pyrrole nitrogens is 1. The number of hydrogen-bond donors (Lipinski definition) is 1. The number of aryl methyl sites for hydroxylation is 1. The fraction of sp³-hybridized carbons (Fsp3) is 0.261. The molecule has 0 unspecified atom stereocenters. The quantitative estimate of drug-likeness (QED) is 0.299. The number of nitrogens with zero attached hydrogens (tertiary/aromatic N) is 2. The summed E-state index contributed by atoms with van der Waals surface area (Å²) in [6.45, 7) is 3.87. The number of sulfonamides is 1. The molecule has 0 saturated heterocycles. The van der Waals surface area contributed by atoms with Crippen molar-refractivity contribution in [1.29, 1.82) is 0 Å². The fourth-order valence-corrected chi connectivity index (χ4v) is 5.04. The third-order valence-corrected chi connectivity index (χ3v) is 7.10. The van der Waals surface area contributed by atoms with Crippen molar-refractivity contribution in [3.05, 3.63) is 66.0 Å². The first-order valence-electron chi connectivity index (χ1n) is 10.1. The standard InChI is InChI=1S/C23H25N3O5S/c1-16-17(2)25-31-23(16)26(15-30-13-12-29-3)32(27,28)22-11-7-5-9-19(22)20-14-24-21-10-6-4-8-18(20)21/h4-11,14,24H,12-13,15H2,1-3H3. The Balaban J connectivity index is 1.82. The Morgan fingerprint density at radius 3 is 2.53 bits per heavy atom. The molecule has 0 fully saturated rings. The van der Waals surface area contributed by atoms with Crippen molar-refractivity contribution in [1.82, 2.24) is 10.1 Å². The minimum Gasteiger partial charge on any atom is -0.382 e. The maximum Gasteiger partial charge on any atom is 0.269 e. The van der Waals surface area contributed by atoms with Gasteiger partial charge in [0.25, 0.3) is 10.0 Å². The molecule has 8 nitrogen and oxygen atoms in total. The maximum absolute atomic E-state index is 13.9. The minimum absolute atomic E-state index is 0.133. The van der Waals surface area contributed by atoms with E-state index >= 15 is 0 Å². The van der Waals surface area contributed by atoms with Crippen LogP contribution in [0.5, 0.6) is 0 Å². The molecule has 0 amide bonds. The lowest BCUT2D eigenvalue weighted by Gasteiger charge is -2.23. The monoisotopic (exact) mass is 455 g/mol. The summed E-state index contributed by atoms with van der Waals surface area (Å²) >= 11 is 0. The summed E-state index contributed by atoms with van der Waals surface area (Å²) in [4.78, 5) is 3.36. The van der Waals surface area contributed by atoms with Gasteiger partial charge in [-0.2, -0.15) is 0 Å². The summed E-state index contributed by atoms with van der Waals surface area (Å²) in [6.07, 6.45) is 1.82. The molecular formula is C23H25N3O5S. The highest BCUT2D eigenvalue weighted by molar-refractivity contribution is 7.93. The summed E-state index contributed by atoms with van der Waals surface area (Å²) in [5, 5.41) is 4.87. The molecule has 1 N–H and O–H groups in total. The summed E-state index contributed by atoms with van der Waals surface area (Å²) < 4.78 is 45.0. The molecule has 0 bridgehead atoms. The average Bonchev–Trinajstić information content (AvgIpc) is 3.37. The first-order valence-corrected chi connectivity index (χ1v) is 11.6. The molecule has 9 heteroatoms. The SMILES string of the molecule is COCCOCN(c1onc(C)c1C)S(=O)(=O)c1ccccc1-c1c[nH]c2ccccc12. The van der Waals surface area contributed by atoms with Crippen LogP contribution in [-0.2, 0) is 19.5 Å². The normalized spacial score (nSPS) is 11.8. The molecule has 0 saturated carbocycles. The van der Waals surface area contributed by atoms with Gasteiger partial charge in [-0.15, -0.1) is 0 Å². The molecule has 168 valence electrons. The largest absolute Gasteiger partial charge is 0.382 e. The van der Waals surface area contributed by atoms with Crippen LogP contribution in [0.4, 0.5) is 5.88 Å². The van der Waals surface area contributed by atoms with Crippen LogP contribution >= 0.6 is 0 Å². The number of benzene rings is 2. The van der Waals surface area contributed by atoms with Crippen molar-refractivity contribution in [2.24, 2.45) is 0 Å². The van der Waals surface area contributed by atoms with Gasteiger partial charge in [-0.25, -0.2) is 12.7 Å². The Bertz CT molecular complexity index is 1330. The predicted octanol–water partition coefficient (Wildman–Crippen LogP) is 4.26. The Labute approximate surface area is 186 Å². The molecular weight excluding hydrogens is 430 g/mol. The number of nitrogens with one attached hydrogen (secondary N) is 1. The lowest BCUT2D eigenvalue weighted by molar-refractivity contribution is 0.0744. The second-order valence-electron chi connectivity index (χ2n) is 7.33. The first-order chi connectivity index (χ1) is 15.4. The van der Waals surface area contributed by atoms with E-state index in [9.17, 15) is 8.42 Å². The molecule has 2 aromatic carbocycles. The van der Waals surface area contributed by atoms with Crippen molar-refractivity contribution in [3.8, 4) is 11.1 Å². The Morgan fingerprint density at radius 2 is 1.78 bits per heavy atom. The van der Waals surface area contributed by atoms with Crippen molar-refractivity contribution >= 4 is 26.8 Å². The molecule has 32 heavy (non-hydrogen) atoms. The van der Waals surface area contributed by atoms with E-state index in [-0.39, 0.29) is 24.1 Å². The highest BCUT2D eigenvalue weighted by Gasteiger charge is 2.32. The number of hydrogen-bond acceptors (Lipinski definition) is 6. The Kier molecular flexibility index (Phi) is 6.31. The van der Waals surface area contributed by atoms with Gasteiger partial charge in [0.05, 0.1) is 23.8 Å². The van der Waals surface area contributed by atoms with Gasteiger partial charge in [-0.1, -0.05) is 41.6 Å². The zero-order valence-electron chi connectivity index (χ0n) is 18.2. The average molecular weight is 456 g/mol. The van der Waals surface area contributed by atoms with Gasteiger partial charge in [0.15, 0.2) is 0 Å². The molecule has 0 spiro atoms. The topological polar surface area (TPSA) is 97.7 Å². The van der Waals surface area contributed by atoms with Crippen LogP contribution in [0, 0.1) is 13.8 Å². The van der Waals surface area contributed by atoms with E-state index in [0.29, 0.717) is 23.4 Å². The fourth-order valence-electron chi connectivity index (χ4n) is 3.49. The van der Waals surface area contributed by atoms with Crippen LogP contribution < -0.4 is 4.31 Å². The summed E-state index contributed by atoms with van der Waals surface area (Å²) in [7, 11) is -2.50. The Morgan fingerprint density at radius 1 is 1.03 bits per heavy atom. The van der Waals surface area contributed by atoms with Crippen LogP contribution in [0.25, 0.3) is 22.0 Å². The van der Waals surface area contributed by atoms with E-state index in [2.05, 4.69) is 10.1 Å². The molecule has 2 aromatic heterocycles. The van der Waals surface area contributed by atoms with Gasteiger partial charge >= 0.3 is 0 Å². The van der Waals surface area contributed by atoms with Gasteiger partial charge in [-0.3, -0.25) is 0 Å². The molecule has 0 aliphatic carbocycles. The first kappa shape index (κ1) is 22.1. The highest BCUT2D eigenvalue weighted by Crippen LogP contribution is 2.36. The zero-order chi connectivity index (χ0) is 22.7. The number of rotatable bonds is 9. The van der Waals surface area contributed by atoms with Crippen LogP contribution in [0.1, 0.15) is 11.3 Å². The van der Waals surface area contributed by atoms with E-state index in [0.717, 1.165) is 20.8 Å². The van der Waals surface area contributed by atoms with Gasteiger partial charge in [0.1, 0.15) is 6.73 Å². The van der Waals surface area contributed by atoms with Crippen molar-refractivity contribution < 1.29 is 22.4 Å². The summed E-state index contributed by atoms with van der Waals surface area (Å²) in [6, 6.07) is 14.7. The van der Waals surface area contributed by atoms with E-state index in [1.54, 1.807) is 39.2 Å². The van der Waals surface area contributed by atoms with Crippen LogP contribution in [0.3, 0.4) is 0 Å². The Hall–Kier alpha value is -3.14. The lowest BCUT2D eigenvalue weighted by Crippen LogP contribution is -2.34. The number of aromatic nitrogens is 2. The molecule has 0 atom stereocenters. The van der Waals surface area contributed by atoms with E-state index in [1.165, 1.54) is 0 Å². The smallest absolute Gasteiger partial charge is 0.269 e. The number of fused-ring (bicyclic) bond motifs is 1. The second kappa shape index (κ2) is 9.15. The number of ether oxygens (including phenoxy) is 2. The van der Waals surface area contributed by atoms with Crippen molar-refractivity contribution in [2.45, 2.75) is 18.7 Å². The predicted molar refractivity (Wildman–Crippen MR) is 122 cm³/mol. The van der Waals surface area contributed by atoms with Crippen LogP contribution in [0.2, 0.25) is 0 Å². The summed E-state index contributed by atoms with van der Waals surface area (Å²) in [5.74, 6) is 0.133. The van der Waals surface area contributed by atoms with Gasteiger partial charge in [0.2, 0.25) is 5.88 Å². The van der Waals surface area contributed by atoms with Gasteiger partial charge in [0, 0.05) is 40.9 Å². The molecule has 0 radical (unpaired) electrons. The maximum atomic E-state index is 13.9. The van der Waals surface area contributed by atoms with E-state index in [4.69, 9.17) is 14.0 Å². The highest BCUT2D eigenvalue weighted by atomic mass is 32.2. The molecule has 4 aromatic rings. The number of para-hydroxylation sites is 1. The van der Waals surface area contributed by atoms with Crippen molar-refractivity contribution in [2.75, 3.05) is 31.4 Å². The van der Waals surface area contributed by atoms with Gasteiger partial charge in [-0.05, 0) is 26.0 Å². The number of aromatic amines is 1. The van der Waals surface area contributed by atoms with Crippen LogP contribution in [0.15, 0.2) is 64.1 Å². The van der Waals surface area contributed by atoms with Crippen LogP contribution in [-0.4, -0.2) is 45.6 Å². The van der Waals surface area contributed by atoms with Gasteiger partial charge < -0.3 is 19.0 Å². The molecule has 2 heterocycles.